The molecule has 3 nitrogen and oxygen atoms in total. The zero-order valence-electron chi connectivity index (χ0n) is 9.51. The van der Waals surface area contributed by atoms with E-state index in [1.165, 1.54) is 14.2 Å². The van der Waals surface area contributed by atoms with E-state index in [2.05, 4.69) is 0 Å². The standard InChI is InChI=1S/C11H15ClFNO2/c1-6(14)4-7-5-8(15-2)11(16-3)9(12)10(7)13/h5-6H,4,14H2,1-3H3. The lowest BCUT2D eigenvalue weighted by Crippen LogP contribution is -2.18. The van der Waals surface area contributed by atoms with Gasteiger partial charge in [-0.1, -0.05) is 11.6 Å². The first-order valence-corrected chi connectivity index (χ1v) is 5.23. The van der Waals surface area contributed by atoms with Crippen LogP contribution in [0.4, 0.5) is 4.39 Å². The van der Waals surface area contributed by atoms with Crippen LogP contribution >= 0.6 is 11.6 Å². The molecule has 0 heterocycles. The number of halogens is 2. The number of ether oxygens (including phenoxy) is 2. The summed E-state index contributed by atoms with van der Waals surface area (Å²) < 4.78 is 23.9. The van der Waals surface area contributed by atoms with Gasteiger partial charge >= 0.3 is 0 Å². The summed E-state index contributed by atoms with van der Waals surface area (Å²) >= 11 is 5.85. The molecule has 16 heavy (non-hydrogen) atoms. The van der Waals surface area contributed by atoms with Crippen molar-refractivity contribution >= 4 is 11.6 Å². The summed E-state index contributed by atoms with van der Waals surface area (Å²) in [5.41, 5.74) is 6.05. The van der Waals surface area contributed by atoms with Crippen molar-refractivity contribution < 1.29 is 13.9 Å². The molecule has 90 valence electrons. The second-order valence-electron chi connectivity index (χ2n) is 3.58. The quantitative estimate of drug-likeness (QED) is 0.889. The zero-order chi connectivity index (χ0) is 12.3. The van der Waals surface area contributed by atoms with Crippen LogP contribution in [0.25, 0.3) is 0 Å². The highest BCUT2D eigenvalue weighted by molar-refractivity contribution is 6.32. The number of rotatable bonds is 4. The Kier molecular flexibility index (Phi) is 4.38. The highest BCUT2D eigenvalue weighted by Crippen LogP contribution is 2.38. The SMILES string of the molecule is COc1cc(CC(C)N)c(F)c(Cl)c1OC. The fourth-order valence-corrected chi connectivity index (χ4v) is 1.76. The largest absolute Gasteiger partial charge is 0.493 e. The fraction of sp³-hybridized carbons (Fsp3) is 0.455. The minimum Gasteiger partial charge on any atom is -0.493 e. The van der Waals surface area contributed by atoms with Crippen LogP contribution in [0.1, 0.15) is 12.5 Å². The smallest absolute Gasteiger partial charge is 0.182 e. The van der Waals surface area contributed by atoms with Crippen molar-refractivity contribution in [3.63, 3.8) is 0 Å². The van der Waals surface area contributed by atoms with Crippen LogP contribution in [-0.2, 0) is 6.42 Å². The molecule has 2 N–H and O–H groups in total. The summed E-state index contributed by atoms with van der Waals surface area (Å²) in [5.74, 6) is 0.108. The molecule has 1 atom stereocenters. The number of hydrogen-bond acceptors (Lipinski definition) is 3. The fourth-order valence-electron chi connectivity index (χ4n) is 1.47. The van der Waals surface area contributed by atoms with Gasteiger partial charge < -0.3 is 15.2 Å². The average Bonchev–Trinajstić information content (AvgIpc) is 2.24. The molecule has 1 aromatic carbocycles. The van der Waals surface area contributed by atoms with E-state index in [1.807, 2.05) is 0 Å². The summed E-state index contributed by atoms with van der Waals surface area (Å²) in [6.07, 6.45) is 0.395. The highest BCUT2D eigenvalue weighted by Gasteiger charge is 2.18. The molecule has 0 aliphatic rings. The first kappa shape index (κ1) is 13.1. The summed E-state index contributed by atoms with van der Waals surface area (Å²) in [4.78, 5) is 0. The van der Waals surface area contributed by atoms with Gasteiger partial charge in [-0.2, -0.15) is 0 Å². The molecular weight excluding hydrogens is 233 g/mol. The molecule has 1 aromatic rings. The molecule has 0 bridgehead atoms. The van der Waals surface area contributed by atoms with E-state index in [0.717, 1.165) is 0 Å². The first-order chi connectivity index (χ1) is 7.51. The van der Waals surface area contributed by atoms with Crippen molar-refractivity contribution in [2.75, 3.05) is 14.2 Å². The second-order valence-corrected chi connectivity index (χ2v) is 3.96. The molecule has 0 saturated carbocycles. The Morgan fingerprint density at radius 2 is 2.06 bits per heavy atom. The van der Waals surface area contributed by atoms with Crippen LogP contribution in [0.2, 0.25) is 5.02 Å². The predicted molar refractivity (Wildman–Crippen MR) is 61.9 cm³/mol. The third-order valence-corrected chi connectivity index (χ3v) is 2.51. The van der Waals surface area contributed by atoms with Crippen LogP contribution in [0, 0.1) is 5.82 Å². The van der Waals surface area contributed by atoms with Crippen LogP contribution in [0.5, 0.6) is 11.5 Å². The second kappa shape index (κ2) is 5.37. The lowest BCUT2D eigenvalue weighted by Gasteiger charge is -2.14. The molecule has 0 aliphatic carbocycles. The predicted octanol–water partition coefficient (Wildman–Crippen LogP) is 2.39. The maximum Gasteiger partial charge on any atom is 0.182 e. The molecule has 0 aromatic heterocycles. The topological polar surface area (TPSA) is 44.5 Å². The molecule has 0 amide bonds. The van der Waals surface area contributed by atoms with E-state index in [0.29, 0.717) is 17.7 Å². The minimum atomic E-state index is -0.503. The van der Waals surface area contributed by atoms with E-state index in [9.17, 15) is 4.39 Å². The molecule has 1 unspecified atom stereocenters. The van der Waals surface area contributed by atoms with Gasteiger partial charge in [0.2, 0.25) is 0 Å². The Morgan fingerprint density at radius 3 is 2.50 bits per heavy atom. The Labute approximate surface area is 99.3 Å². The van der Waals surface area contributed by atoms with Gasteiger partial charge in [0.05, 0.1) is 14.2 Å². The zero-order valence-corrected chi connectivity index (χ0v) is 10.3. The number of nitrogens with two attached hydrogens (primary N) is 1. The minimum absolute atomic E-state index is 0.0718. The summed E-state index contributed by atoms with van der Waals surface area (Å²) in [6, 6.07) is 1.41. The van der Waals surface area contributed by atoms with Crippen LogP contribution in [-0.4, -0.2) is 20.3 Å². The third kappa shape index (κ3) is 2.57. The monoisotopic (exact) mass is 247 g/mol. The molecule has 0 aliphatic heterocycles. The van der Waals surface area contributed by atoms with Gasteiger partial charge in [-0.15, -0.1) is 0 Å². The van der Waals surface area contributed by atoms with Gasteiger partial charge in [0.1, 0.15) is 10.8 Å². The number of benzene rings is 1. The van der Waals surface area contributed by atoms with Gasteiger partial charge in [-0.3, -0.25) is 0 Å². The van der Waals surface area contributed by atoms with Gasteiger partial charge in [0.25, 0.3) is 0 Å². The van der Waals surface area contributed by atoms with Gasteiger partial charge in [0, 0.05) is 6.04 Å². The van der Waals surface area contributed by atoms with Crippen molar-refractivity contribution in [1.82, 2.24) is 0 Å². The molecule has 0 saturated heterocycles. The molecule has 0 radical (unpaired) electrons. The van der Waals surface area contributed by atoms with Gasteiger partial charge in [-0.25, -0.2) is 4.39 Å². The third-order valence-electron chi connectivity index (χ3n) is 2.17. The summed E-state index contributed by atoms with van der Waals surface area (Å²) in [6.45, 7) is 1.80. The number of hydrogen-bond donors (Lipinski definition) is 1. The van der Waals surface area contributed by atoms with E-state index in [1.54, 1.807) is 13.0 Å². The van der Waals surface area contributed by atoms with E-state index in [-0.39, 0.29) is 16.8 Å². The average molecular weight is 248 g/mol. The van der Waals surface area contributed by atoms with Crippen molar-refractivity contribution in [3.8, 4) is 11.5 Å². The first-order valence-electron chi connectivity index (χ1n) is 4.85. The Bertz CT molecular complexity index is 383. The van der Waals surface area contributed by atoms with Crippen LogP contribution < -0.4 is 15.2 Å². The number of methoxy groups -OCH3 is 2. The maximum atomic E-state index is 13.8. The van der Waals surface area contributed by atoms with E-state index in [4.69, 9.17) is 26.8 Å². The Morgan fingerprint density at radius 1 is 1.44 bits per heavy atom. The van der Waals surface area contributed by atoms with E-state index >= 15 is 0 Å². The van der Waals surface area contributed by atoms with Crippen molar-refractivity contribution in [2.45, 2.75) is 19.4 Å². The lowest BCUT2D eigenvalue weighted by molar-refractivity contribution is 0.351. The van der Waals surface area contributed by atoms with E-state index < -0.39 is 5.82 Å². The maximum absolute atomic E-state index is 13.8. The normalized spacial score (nSPS) is 12.4. The van der Waals surface area contributed by atoms with Crippen LogP contribution in [0.3, 0.4) is 0 Å². The van der Waals surface area contributed by atoms with Crippen molar-refractivity contribution in [2.24, 2.45) is 5.73 Å². The Hall–Kier alpha value is -1.00. The van der Waals surface area contributed by atoms with Crippen molar-refractivity contribution in [1.29, 1.82) is 0 Å². The molecular formula is C11H15ClFNO2. The van der Waals surface area contributed by atoms with Crippen LogP contribution in [0.15, 0.2) is 6.07 Å². The summed E-state index contributed by atoms with van der Waals surface area (Å²) in [7, 11) is 2.89. The van der Waals surface area contributed by atoms with Crippen molar-refractivity contribution in [3.05, 3.63) is 22.5 Å². The summed E-state index contributed by atoms with van der Waals surface area (Å²) in [5, 5.41) is -0.0718. The molecule has 5 heteroatoms. The lowest BCUT2D eigenvalue weighted by atomic mass is 10.1. The highest BCUT2D eigenvalue weighted by atomic mass is 35.5. The molecule has 1 rings (SSSR count). The molecule has 0 fully saturated rings. The molecule has 0 spiro atoms. The van der Waals surface area contributed by atoms with Gasteiger partial charge in [-0.05, 0) is 25.0 Å². The Balaban J connectivity index is 3.27. The van der Waals surface area contributed by atoms with Gasteiger partial charge in [0.15, 0.2) is 11.5 Å².